The molecule has 250 valence electrons. The van der Waals surface area contributed by atoms with Crippen LogP contribution in [0.5, 0.6) is 0 Å². The van der Waals surface area contributed by atoms with Crippen molar-refractivity contribution in [3.8, 4) is 0 Å². The third-order valence-corrected chi connectivity index (χ3v) is 8.12. The number of rotatable bonds is 30. The minimum absolute atomic E-state index is 0.0357. The number of quaternary nitrogens is 1. The van der Waals surface area contributed by atoms with Crippen LogP contribution in [0.3, 0.4) is 0 Å². The van der Waals surface area contributed by atoms with Crippen molar-refractivity contribution in [3.63, 3.8) is 0 Å². The van der Waals surface area contributed by atoms with Crippen molar-refractivity contribution in [3.05, 3.63) is 0 Å². The average molecular weight is 623 g/mol. The normalized spacial score (nSPS) is 14.0. The van der Waals surface area contributed by atoms with Gasteiger partial charge in [0.25, 0.3) is 0 Å². The van der Waals surface area contributed by atoms with E-state index in [9.17, 15) is 19.0 Å². The average Bonchev–Trinajstić information content (AvgIpc) is 2.92. The van der Waals surface area contributed by atoms with Gasteiger partial charge in [-0.2, -0.15) is 0 Å². The second kappa shape index (κ2) is 26.4. The first-order valence-electron chi connectivity index (χ1n) is 16.8. The minimum Gasteiger partial charge on any atom is -0.462 e. The fourth-order valence-electron chi connectivity index (χ4n) is 4.42. The molecule has 0 aromatic heterocycles. The number of hydrogen-bond acceptors (Lipinski definition) is 7. The molecule has 0 saturated carbocycles. The highest BCUT2D eigenvalue weighted by atomic mass is 31.2. The summed E-state index contributed by atoms with van der Waals surface area (Å²) in [5.41, 5.74) is 0. The second-order valence-electron chi connectivity index (χ2n) is 12.6. The van der Waals surface area contributed by atoms with Gasteiger partial charge in [-0.15, -0.1) is 0 Å². The summed E-state index contributed by atoms with van der Waals surface area (Å²) in [5, 5.41) is 0. The number of hydrogen-bond donors (Lipinski definition) is 1. The van der Waals surface area contributed by atoms with Gasteiger partial charge in [-0.05, 0) is 12.8 Å². The van der Waals surface area contributed by atoms with Gasteiger partial charge in [-0.25, -0.2) is 4.57 Å². The molecule has 1 N–H and O–H groups in total. The zero-order valence-corrected chi connectivity index (χ0v) is 28.6. The SMILES string of the molecule is CCCCCCCCCCCCCC(=O)OC(COC(=O)CCCCCCCCC)COP(=O)(O)OCC[N+](C)(C)C. The maximum absolute atomic E-state index is 12.5. The van der Waals surface area contributed by atoms with Crippen LogP contribution in [0.2, 0.25) is 0 Å². The smallest absolute Gasteiger partial charge is 0.462 e. The summed E-state index contributed by atoms with van der Waals surface area (Å²) in [4.78, 5) is 34.8. The fourth-order valence-corrected chi connectivity index (χ4v) is 5.17. The van der Waals surface area contributed by atoms with Crippen molar-refractivity contribution in [1.82, 2.24) is 0 Å². The molecule has 9 nitrogen and oxygen atoms in total. The lowest BCUT2D eigenvalue weighted by Gasteiger charge is -2.24. The first-order chi connectivity index (χ1) is 20.0. The maximum atomic E-state index is 12.5. The second-order valence-corrected chi connectivity index (χ2v) is 14.0. The largest absolute Gasteiger partial charge is 0.472 e. The predicted octanol–water partition coefficient (Wildman–Crippen LogP) is 8.12. The topological polar surface area (TPSA) is 108 Å². The van der Waals surface area contributed by atoms with E-state index in [1.165, 1.54) is 77.0 Å². The monoisotopic (exact) mass is 622 g/mol. The summed E-state index contributed by atoms with van der Waals surface area (Å²) in [5.74, 6) is -0.803. The molecular formula is C32H65NO8P+. The quantitative estimate of drug-likeness (QED) is 0.0370. The molecule has 0 spiro atoms. The van der Waals surface area contributed by atoms with Gasteiger partial charge in [0.15, 0.2) is 6.10 Å². The summed E-state index contributed by atoms with van der Waals surface area (Å²) in [7, 11) is 1.48. The zero-order chi connectivity index (χ0) is 31.5. The lowest BCUT2D eigenvalue weighted by molar-refractivity contribution is -0.870. The number of phosphoric acid groups is 1. The molecular weight excluding hydrogens is 557 g/mol. The van der Waals surface area contributed by atoms with Crippen molar-refractivity contribution in [2.24, 2.45) is 0 Å². The van der Waals surface area contributed by atoms with E-state index in [-0.39, 0.29) is 25.6 Å². The number of unbranched alkanes of at least 4 members (excludes halogenated alkanes) is 16. The molecule has 0 saturated heterocycles. The van der Waals surface area contributed by atoms with Crippen LogP contribution < -0.4 is 0 Å². The Labute approximate surface area is 257 Å². The molecule has 2 atom stereocenters. The summed E-state index contributed by atoms with van der Waals surface area (Å²) < 4.78 is 33.9. The van der Waals surface area contributed by atoms with Gasteiger partial charge < -0.3 is 18.9 Å². The standard InChI is InChI=1S/C32H64NO8P/c1-6-8-10-12-14-15-16-17-19-21-23-25-32(35)41-30(29-40-42(36,37)39-27-26-33(3,4)5)28-38-31(34)24-22-20-18-13-11-9-7-2/h30H,6-29H2,1-5H3/p+1. The van der Waals surface area contributed by atoms with Gasteiger partial charge in [0.05, 0.1) is 27.7 Å². The molecule has 0 fully saturated rings. The van der Waals surface area contributed by atoms with E-state index >= 15 is 0 Å². The molecule has 0 heterocycles. The van der Waals surface area contributed by atoms with E-state index in [1.54, 1.807) is 0 Å². The van der Waals surface area contributed by atoms with Gasteiger partial charge in [-0.1, -0.05) is 117 Å². The number of carbonyl (C=O) groups is 2. The van der Waals surface area contributed by atoms with E-state index in [1.807, 2.05) is 21.1 Å². The lowest BCUT2D eigenvalue weighted by Crippen LogP contribution is -2.37. The molecule has 10 heteroatoms. The Balaban J connectivity index is 4.49. The first kappa shape index (κ1) is 41.0. The molecule has 0 rings (SSSR count). The lowest BCUT2D eigenvalue weighted by atomic mass is 10.1. The molecule has 0 radical (unpaired) electrons. The van der Waals surface area contributed by atoms with E-state index < -0.39 is 26.5 Å². The van der Waals surface area contributed by atoms with Crippen LogP contribution in [0.1, 0.15) is 142 Å². The summed E-state index contributed by atoms with van der Waals surface area (Å²) in [6.07, 6.45) is 20.2. The van der Waals surface area contributed by atoms with Crippen molar-refractivity contribution in [2.45, 2.75) is 148 Å². The molecule has 0 aliphatic rings. The summed E-state index contributed by atoms with van der Waals surface area (Å²) >= 11 is 0. The highest BCUT2D eigenvalue weighted by Crippen LogP contribution is 2.43. The van der Waals surface area contributed by atoms with Crippen LogP contribution in [0.4, 0.5) is 0 Å². The van der Waals surface area contributed by atoms with Gasteiger partial charge in [0, 0.05) is 12.8 Å². The number of phosphoric ester groups is 1. The van der Waals surface area contributed by atoms with E-state index in [0.717, 1.165) is 32.1 Å². The van der Waals surface area contributed by atoms with E-state index in [4.69, 9.17) is 18.5 Å². The molecule has 42 heavy (non-hydrogen) atoms. The molecule has 0 aliphatic carbocycles. The Kier molecular flexibility index (Phi) is 25.8. The van der Waals surface area contributed by atoms with Crippen LogP contribution in [0.15, 0.2) is 0 Å². The Morgan fingerprint density at radius 1 is 0.643 bits per heavy atom. The molecule has 0 aliphatic heterocycles. The molecule has 0 bridgehead atoms. The van der Waals surface area contributed by atoms with Gasteiger partial charge in [0.2, 0.25) is 0 Å². The number of esters is 2. The number of nitrogens with zero attached hydrogens (tertiary/aromatic N) is 1. The number of ether oxygens (including phenoxy) is 2. The van der Waals surface area contributed by atoms with Crippen molar-refractivity contribution >= 4 is 19.8 Å². The van der Waals surface area contributed by atoms with Crippen molar-refractivity contribution in [2.75, 3.05) is 47.5 Å². The Morgan fingerprint density at radius 3 is 1.52 bits per heavy atom. The summed E-state index contributed by atoms with van der Waals surface area (Å²) in [6, 6.07) is 0. The van der Waals surface area contributed by atoms with Crippen LogP contribution in [-0.2, 0) is 32.7 Å². The summed E-state index contributed by atoms with van der Waals surface area (Å²) in [6.45, 7) is 4.35. The van der Waals surface area contributed by atoms with Crippen LogP contribution in [-0.4, -0.2) is 74.9 Å². The van der Waals surface area contributed by atoms with Crippen LogP contribution in [0.25, 0.3) is 0 Å². The van der Waals surface area contributed by atoms with Crippen molar-refractivity contribution < 1.29 is 42.1 Å². The zero-order valence-electron chi connectivity index (χ0n) is 27.7. The predicted molar refractivity (Wildman–Crippen MR) is 169 cm³/mol. The van der Waals surface area contributed by atoms with Gasteiger partial charge in [0.1, 0.15) is 19.8 Å². The maximum Gasteiger partial charge on any atom is 0.472 e. The molecule has 0 amide bonds. The van der Waals surface area contributed by atoms with E-state index in [2.05, 4.69) is 13.8 Å². The van der Waals surface area contributed by atoms with Gasteiger partial charge >= 0.3 is 19.8 Å². The van der Waals surface area contributed by atoms with Crippen LogP contribution in [0, 0.1) is 0 Å². The Morgan fingerprint density at radius 2 is 1.07 bits per heavy atom. The molecule has 0 aromatic rings. The number of carbonyl (C=O) groups excluding carboxylic acids is 2. The van der Waals surface area contributed by atoms with Gasteiger partial charge in [-0.3, -0.25) is 18.6 Å². The first-order valence-corrected chi connectivity index (χ1v) is 18.3. The van der Waals surface area contributed by atoms with Crippen molar-refractivity contribution in [1.29, 1.82) is 0 Å². The van der Waals surface area contributed by atoms with E-state index in [0.29, 0.717) is 23.9 Å². The third kappa shape index (κ3) is 29.1. The molecule has 2 unspecified atom stereocenters. The Bertz CT molecular complexity index is 713. The fraction of sp³-hybridized carbons (Fsp3) is 0.938. The third-order valence-electron chi connectivity index (χ3n) is 7.14. The minimum atomic E-state index is -4.35. The van der Waals surface area contributed by atoms with Crippen LogP contribution >= 0.6 is 7.82 Å². The highest BCUT2D eigenvalue weighted by molar-refractivity contribution is 7.47. The highest BCUT2D eigenvalue weighted by Gasteiger charge is 2.27. The number of likely N-dealkylation sites (N-methyl/N-ethyl adjacent to an activating group) is 1. The Hall–Kier alpha value is -0.990. The molecule has 0 aromatic carbocycles.